The minimum Gasteiger partial charge on any atom is -0.493 e. The van der Waals surface area contributed by atoms with E-state index in [0.29, 0.717) is 34.8 Å². The van der Waals surface area contributed by atoms with Crippen molar-refractivity contribution in [1.82, 2.24) is 4.98 Å². The van der Waals surface area contributed by atoms with E-state index in [4.69, 9.17) is 18.6 Å². The Morgan fingerprint density at radius 1 is 1.13 bits per heavy atom. The van der Waals surface area contributed by atoms with E-state index in [1.165, 1.54) is 11.3 Å². The van der Waals surface area contributed by atoms with Crippen molar-refractivity contribution in [2.24, 2.45) is 0 Å². The molecule has 158 valence electrons. The standard InChI is InChI=1S/C23H19NO6S/c1-3-28-19-9-8-14(10-20(19)27-2)22-24-15(13-31-22)12-29-23(26)21-11-17(25)16-6-4-5-7-18(16)30-21/h4-11,13H,3,12H2,1-2H3. The predicted octanol–water partition coefficient (Wildman–Crippen LogP) is 4.68. The Hall–Kier alpha value is -3.65. The van der Waals surface area contributed by atoms with Gasteiger partial charge >= 0.3 is 5.97 Å². The zero-order valence-electron chi connectivity index (χ0n) is 16.9. The average molecular weight is 437 g/mol. The minimum absolute atomic E-state index is 0.0416. The number of ether oxygens (including phenoxy) is 3. The maximum Gasteiger partial charge on any atom is 0.374 e. The molecule has 0 amide bonds. The first-order valence-corrected chi connectivity index (χ1v) is 10.4. The normalized spacial score (nSPS) is 10.8. The number of thiazole rings is 1. The lowest BCUT2D eigenvalue weighted by atomic mass is 10.2. The molecule has 0 fully saturated rings. The van der Waals surface area contributed by atoms with Crippen LogP contribution in [-0.4, -0.2) is 24.7 Å². The molecule has 0 saturated heterocycles. The first kappa shape index (κ1) is 20.6. The van der Waals surface area contributed by atoms with Gasteiger partial charge in [-0.1, -0.05) is 12.1 Å². The van der Waals surface area contributed by atoms with Crippen LogP contribution in [0, 0.1) is 0 Å². The Kier molecular flexibility index (Phi) is 5.99. The van der Waals surface area contributed by atoms with Gasteiger partial charge in [-0.2, -0.15) is 0 Å². The van der Waals surface area contributed by atoms with Gasteiger partial charge in [0.15, 0.2) is 16.9 Å². The van der Waals surface area contributed by atoms with Gasteiger partial charge in [0, 0.05) is 17.0 Å². The van der Waals surface area contributed by atoms with E-state index in [1.54, 1.807) is 31.4 Å². The second-order valence-electron chi connectivity index (χ2n) is 6.49. The van der Waals surface area contributed by atoms with Crippen molar-refractivity contribution in [3.63, 3.8) is 0 Å². The fourth-order valence-electron chi connectivity index (χ4n) is 3.00. The average Bonchev–Trinajstić information content (AvgIpc) is 3.27. The Labute approximate surface area is 181 Å². The van der Waals surface area contributed by atoms with Crippen LogP contribution in [0.2, 0.25) is 0 Å². The maximum atomic E-state index is 12.4. The number of methoxy groups -OCH3 is 1. The molecule has 2 aromatic heterocycles. The fraction of sp³-hybridized carbons (Fsp3) is 0.174. The molecule has 0 atom stereocenters. The van der Waals surface area contributed by atoms with Crippen LogP contribution in [0.3, 0.4) is 0 Å². The van der Waals surface area contributed by atoms with Gasteiger partial charge in [-0.15, -0.1) is 11.3 Å². The molecule has 0 aliphatic rings. The molecule has 0 saturated carbocycles. The van der Waals surface area contributed by atoms with Crippen LogP contribution >= 0.6 is 11.3 Å². The summed E-state index contributed by atoms with van der Waals surface area (Å²) in [4.78, 5) is 29.0. The van der Waals surface area contributed by atoms with E-state index in [-0.39, 0.29) is 17.8 Å². The smallest absolute Gasteiger partial charge is 0.374 e. The molecule has 31 heavy (non-hydrogen) atoms. The third kappa shape index (κ3) is 4.44. The number of hydrogen-bond donors (Lipinski definition) is 0. The number of carbonyl (C=O) groups excluding carboxylic acids is 1. The lowest BCUT2D eigenvalue weighted by molar-refractivity contribution is 0.0432. The van der Waals surface area contributed by atoms with Crippen LogP contribution in [0.4, 0.5) is 0 Å². The Morgan fingerprint density at radius 2 is 1.97 bits per heavy atom. The fourth-order valence-corrected chi connectivity index (χ4v) is 3.80. The molecule has 0 N–H and O–H groups in total. The van der Waals surface area contributed by atoms with E-state index in [0.717, 1.165) is 16.6 Å². The highest BCUT2D eigenvalue weighted by atomic mass is 32.1. The number of esters is 1. The highest BCUT2D eigenvalue weighted by Crippen LogP contribution is 2.33. The van der Waals surface area contributed by atoms with Gasteiger partial charge in [0.25, 0.3) is 0 Å². The summed E-state index contributed by atoms with van der Waals surface area (Å²) in [5.41, 5.74) is 1.49. The largest absolute Gasteiger partial charge is 0.493 e. The monoisotopic (exact) mass is 437 g/mol. The van der Waals surface area contributed by atoms with Crippen LogP contribution in [0.25, 0.3) is 21.5 Å². The minimum atomic E-state index is -0.722. The van der Waals surface area contributed by atoms with Crippen molar-refractivity contribution in [3.05, 3.63) is 75.6 Å². The summed E-state index contributed by atoms with van der Waals surface area (Å²) < 4.78 is 21.7. The number of fused-ring (bicyclic) bond motifs is 1. The zero-order chi connectivity index (χ0) is 21.8. The highest BCUT2D eigenvalue weighted by molar-refractivity contribution is 7.13. The van der Waals surface area contributed by atoms with Crippen LogP contribution in [0.1, 0.15) is 23.2 Å². The van der Waals surface area contributed by atoms with Crippen LogP contribution in [0.5, 0.6) is 11.5 Å². The van der Waals surface area contributed by atoms with Crippen molar-refractivity contribution in [2.45, 2.75) is 13.5 Å². The SMILES string of the molecule is CCOc1ccc(-c2nc(COC(=O)c3cc(=O)c4ccccc4o3)cs2)cc1OC. The molecule has 4 rings (SSSR count). The van der Waals surface area contributed by atoms with Crippen molar-refractivity contribution >= 4 is 28.3 Å². The summed E-state index contributed by atoms with van der Waals surface area (Å²) in [5.74, 6) is 0.417. The summed E-state index contributed by atoms with van der Waals surface area (Å²) in [6, 6.07) is 13.5. The van der Waals surface area contributed by atoms with Crippen LogP contribution in [-0.2, 0) is 11.3 Å². The quantitative estimate of drug-likeness (QED) is 0.388. The van der Waals surface area contributed by atoms with E-state index >= 15 is 0 Å². The molecule has 2 heterocycles. The third-order valence-electron chi connectivity index (χ3n) is 4.45. The zero-order valence-corrected chi connectivity index (χ0v) is 17.7. The lowest BCUT2D eigenvalue weighted by Crippen LogP contribution is -2.10. The molecule has 0 aliphatic carbocycles. The van der Waals surface area contributed by atoms with Crippen molar-refractivity contribution < 1.29 is 23.4 Å². The van der Waals surface area contributed by atoms with E-state index in [1.807, 2.05) is 30.5 Å². The second kappa shape index (κ2) is 9.01. The summed E-state index contributed by atoms with van der Waals surface area (Å²) in [7, 11) is 1.58. The Balaban J connectivity index is 1.47. The van der Waals surface area contributed by atoms with Gasteiger partial charge in [-0.3, -0.25) is 4.79 Å². The van der Waals surface area contributed by atoms with Crippen LogP contribution < -0.4 is 14.9 Å². The molecule has 0 aliphatic heterocycles. The van der Waals surface area contributed by atoms with Gasteiger partial charge in [-0.25, -0.2) is 9.78 Å². The molecule has 0 unspecified atom stereocenters. The van der Waals surface area contributed by atoms with Gasteiger partial charge in [0.2, 0.25) is 5.76 Å². The summed E-state index contributed by atoms with van der Waals surface area (Å²) in [5, 5.41) is 2.97. The Morgan fingerprint density at radius 3 is 2.77 bits per heavy atom. The first-order valence-electron chi connectivity index (χ1n) is 9.54. The van der Waals surface area contributed by atoms with Crippen LogP contribution in [0.15, 0.2) is 63.1 Å². The number of benzene rings is 2. The number of nitrogens with zero attached hydrogens (tertiary/aromatic N) is 1. The topological polar surface area (TPSA) is 87.9 Å². The first-order chi connectivity index (χ1) is 15.1. The van der Waals surface area contributed by atoms with Crippen molar-refractivity contribution in [2.75, 3.05) is 13.7 Å². The summed E-state index contributed by atoms with van der Waals surface area (Å²) in [6.07, 6.45) is 0. The molecule has 0 spiro atoms. The summed E-state index contributed by atoms with van der Waals surface area (Å²) in [6.45, 7) is 2.41. The molecule has 2 aromatic carbocycles. The number of rotatable bonds is 7. The molecular formula is C23H19NO6S. The number of hydrogen-bond acceptors (Lipinski definition) is 8. The molecular weight excluding hydrogens is 418 g/mol. The van der Waals surface area contributed by atoms with Gasteiger partial charge in [-0.05, 0) is 37.3 Å². The molecule has 0 bridgehead atoms. The van der Waals surface area contributed by atoms with E-state index in [2.05, 4.69) is 4.98 Å². The molecule has 8 heteroatoms. The van der Waals surface area contributed by atoms with E-state index in [9.17, 15) is 9.59 Å². The maximum absolute atomic E-state index is 12.4. The van der Waals surface area contributed by atoms with Crippen molar-refractivity contribution in [1.29, 1.82) is 0 Å². The highest BCUT2D eigenvalue weighted by Gasteiger charge is 2.15. The molecule has 0 radical (unpaired) electrons. The van der Waals surface area contributed by atoms with Gasteiger partial charge < -0.3 is 18.6 Å². The predicted molar refractivity (Wildman–Crippen MR) is 117 cm³/mol. The number of aromatic nitrogens is 1. The molecule has 4 aromatic rings. The summed E-state index contributed by atoms with van der Waals surface area (Å²) >= 11 is 1.42. The van der Waals surface area contributed by atoms with Gasteiger partial charge in [0.05, 0.1) is 24.8 Å². The molecule has 7 nitrogen and oxygen atoms in total. The number of carbonyl (C=O) groups is 1. The second-order valence-corrected chi connectivity index (χ2v) is 7.35. The van der Waals surface area contributed by atoms with Gasteiger partial charge in [0.1, 0.15) is 17.2 Å². The Bertz CT molecular complexity index is 1290. The lowest BCUT2D eigenvalue weighted by Gasteiger charge is -2.09. The number of para-hydroxylation sites is 1. The van der Waals surface area contributed by atoms with Crippen molar-refractivity contribution in [3.8, 4) is 22.1 Å². The third-order valence-corrected chi connectivity index (χ3v) is 5.39. The van der Waals surface area contributed by atoms with E-state index < -0.39 is 5.97 Å².